The fourth-order valence-electron chi connectivity index (χ4n) is 14.2. The number of imidazole rings is 1. The van der Waals surface area contributed by atoms with Gasteiger partial charge in [0, 0.05) is 45.8 Å². The summed E-state index contributed by atoms with van der Waals surface area (Å²) in [5.74, 6) is -3.11. The summed E-state index contributed by atoms with van der Waals surface area (Å²) in [4.78, 5) is 102. The molecule has 7 aromatic carbocycles. The molecule has 14 N–H and O–H groups in total. The number of nitrogens with one attached hydrogen (secondary N) is 10. The van der Waals surface area contributed by atoms with Crippen molar-refractivity contribution in [1.82, 2.24) is 73.0 Å². The van der Waals surface area contributed by atoms with Crippen LogP contribution in [0, 0.1) is 12.7 Å². The SMILES string of the molecule is CC(C)(Oc1ccccc1Cl)C(=O)N[C@H]1CCCc2cc(C(=O)NO)ccc21.Cc1ccc(-c2cc(C(=O)N[C@H]3CCCc4cc(C(=O)NO)ccc43)[nH]n2)cc1.O=C(NO)c1ccc2c(c1)CCC[C@@H]2NC(=O)c1cc(-c2ccc(F)cc2)n[nH]1.O=C(NO)c1ccc2c(c1)CCC[C@@H]2NC(=O)c1cn2cc(Cl)ccc2n1. The van der Waals surface area contributed by atoms with Gasteiger partial charge in [-0.15, -0.1) is 0 Å². The maximum Gasteiger partial charge on any atom is 0.274 e. The van der Waals surface area contributed by atoms with E-state index < -0.39 is 29.2 Å². The van der Waals surface area contributed by atoms with Crippen LogP contribution in [-0.4, -0.2) is 103 Å². The number of benzene rings is 7. The molecule has 4 aliphatic rings. The van der Waals surface area contributed by atoms with Crippen molar-refractivity contribution >= 4 is 76.1 Å². The number of nitrogens with zero attached hydrogens (tertiary/aromatic N) is 4. The molecule has 0 bridgehead atoms. The number of aromatic nitrogens is 6. The van der Waals surface area contributed by atoms with Gasteiger partial charge in [-0.05, 0) is 252 Å². The lowest BCUT2D eigenvalue weighted by molar-refractivity contribution is -0.135. The summed E-state index contributed by atoms with van der Waals surface area (Å²) >= 11 is 12.1. The highest BCUT2D eigenvalue weighted by molar-refractivity contribution is 6.32. The van der Waals surface area contributed by atoms with Crippen molar-refractivity contribution in [3.8, 4) is 28.3 Å². The standard InChI is InChI=1S/C22H22N4O3.C21H23ClN2O4.C21H19FN4O3.C19H17ClN4O3/c1-13-5-7-14(8-6-13)19-12-20(25-24-19)22(28)23-18-4-2-3-15-11-16(21(27)26-29)9-10-17(15)18;1-21(2,28-18-9-4-3-7-16(18)22)20(26)23-17-8-5-6-13-12-14(19(25)24-27)10-11-15(13)17;22-15-7-4-12(5-8-15)18-11-19(25-24-18)21(28)23-17-3-1-2-13-10-14(20(27)26-29)6-9-16(13)17;20-13-5-7-17-21-16(10-24(17)9-13)19(26)22-15-3-1-2-11-8-12(18(25)23-27)4-6-14(11)15/h5-12,18,29H,2-4H2,1H3,(H,23,28)(H,24,25)(H,26,27);3-4,7,9-12,17,27H,5-6,8H2,1-2H3,(H,23,26)(H,24,25);4-11,17,29H,1-3H2,(H,23,28)(H,24,25)(H,26,27);4-10,15,27H,1-3H2,(H,22,26)(H,23,25)/t18-;2*17-;15-/m0000/s1. The minimum atomic E-state index is -1.11. The minimum Gasteiger partial charge on any atom is -0.476 e. The predicted octanol–water partition coefficient (Wildman–Crippen LogP) is 13.2. The molecule has 30 heteroatoms. The Hall–Kier alpha value is -12.4. The van der Waals surface area contributed by atoms with Crippen LogP contribution in [0.15, 0.2) is 182 Å². The van der Waals surface area contributed by atoms with E-state index in [1.54, 1.807) is 168 Å². The van der Waals surface area contributed by atoms with Crippen LogP contribution in [-0.2, 0) is 30.5 Å². The number of hydroxylamine groups is 4. The third-order valence-corrected chi connectivity index (χ3v) is 20.6. The molecule has 0 unspecified atom stereocenters. The van der Waals surface area contributed by atoms with Crippen molar-refractivity contribution in [2.75, 3.05) is 0 Å². The van der Waals surface area contributed by atoms with Crippen molar-refractivity contribution in [1.29, 1.82) is 0 Å². The zero-order valence-corrected chi connectivity index (χ0v) is 63.0. The lowest BCUT2D eigenvalue weighted by Gasteiger charge is -2.31. The van der Waals surface area contributed by atoms with E-state index in [1.165, 1.54) is 12.1 Å². The molecule has 0 spiro atoms. The number of carbonyl (C=O) groups is 8. The van der Waals surface area contributed by atoms with Crippen molar-refractivity contribution in [3.63, 3.8) is 0 Å². The Morgan fingerprint density at radius 1 is 0.469 bits per heavy atom. The Kier molecular flexibility index (Phi) is 25.6. The molecule has 0 fully saturated rings. The topological polar surface area (TPSA) is 398 Å². The predicted molar refractivity (Wildman–Crippen MR) is 415 cm³/mol. The molecular weight excluding hydrogens is 1490 g/mol. The number of halogens is 3. The first-order valence-electron chi connectivity index (χ1n) is 36.5. The highest BCUT2D eigenvalue weighted by Crippen LogP contribution is 2.37. The third kappa shape index (κ3) is 19.5. The van der Waals surface area contributed by atoms with E-state index in [4.69, 9.17) is 48.8 Å². The molecule has 582 valence electrons. The molecule has 0 aliphatic heterocycles. The van der Waals surface area contributed by atoms with Gasteiger partial charge in [-0.25, -0.2) is 31.3 Å². The Balaban J connectivity index is 0.000000140. The van der Waals surface area contributed by atoms with Crippen molar-refractivity contribution in [2.24, 2.45) is 0 Å². The van der Waals surface area contributed by atoms with Crippen LogP contribution < -0.4 is 47.9 Å². The second-order valence-electron chi connectivity index (χ2n) is 28.1. The van der Waals surface area contributed by atoms with Crippen LogP contribution in [0.5, 0.6) is 5.75 Å². The van der Waals surface area contributed by atoms with E-state index in [2.05, 4.69) is 46.6 Å². The summed E-state index contributed by atoms with van der Waals surface area (Å²) in [5.41, 5.74) is 20.7. The number of ether oxygens (including phenoxy) is 1. The molecule has 4 aromatic heterocycles. The number of hydrogen-bond acceptors (Lipinski definition) is 16. The molecule has 27 nitrogen and oxygen atoms in total. The lowest BCUT2D eigenvalue weighted by Crippen LogP contribution is -2.48. The first-order chi connectivity index (χ1) is 54.5. The summed E-state index contributed by atoms with van der Waals surface area (Å²) in [6.45, 7) is 5.42. The summed E-state index contributed by atoms with van der Waals surface area (Å²) in [6.07, 6.45) is 13.4. The number of hydrogen-bond donors (Lipinski definition) is 14. The molecule has 11 aromatic rings. The van der Waals surface area contributed by atoms with Crippen LogP contribution in [0.3, 0.4) is 0 Å². The zero-order valence-electron chi connectivity index (χ0n) is 61.5. The number of pyridine rings is 1. The fraction of sp³-hybridized carbons (Fsp3) is 0.241. The van der Waals surface area contributed by atoms with Crippen molar-refractivity contribution in [2.45, 2.75) is 128 Å². The van der Waals surface area contributed by atoms with Crippen LogP contribution in [0.25, 0.3) is 28.2 Å². The summed E-state index contributed by atoms with van der Waals surface area (Å²) < 4.78 is 20.7. The van der Waals surface area contributed by atoms with Crippen LogP contribution in [0.1, 0.15) is 212 Å². The largest absolute Gasteiger partial charge is 0.476 e. The van der Waals surface area contributed by atoms with Gasteiger partial charge in [-0.3, -0.25) is 69.4 Å². The smallest absolute Gasteiger partial charge is 0.274 e. The lowest BCUT2D eigenvalue weighted by atomic mass is 9.86. The Morgan fingerprint density at radius 3 is 1.27 bits per heavy atom. The number of H-pyrrole nitrogens is 2. The van der Waals surface area contributed by atoms with Gasteiger partial charge in [0.05, 0.1) is 45.6 Å². The number of carbonyl (C=O) groups excluding carboxylic acids is 8. The molecule has 4 heterocycles. The highest BCUT2D eigenvalue weighted by Gasteiger charge is 2.35. The van der Waals surface area contributed by atoms with E-state index >= 15 is 0 Å². The average molecular weight is 1570 g/mol. The Morgan fingerprint density at radius 2 is 0.858 bits per heavy atom. The number of aromatic amines is 2. The number of amides is 8. The maximum absolute atomic E-state index is 13.1. The molecule has 4 atom stereocenters. The van der Waals surface area contributed by atoms with E-state index in [1.807, 2.05) is 49.4 Å². The van der Waals surface area contributed by atoms with Gasteiger partial charge < -0.3 is 30.4 Å². The Labute approximate surface area is 657 Å². The van der Waals surface area contributed by atoms with Gasteiger partial charge >= 0.3 is 0 Å². The summed E-state index contributed by atoms with van der Waals surface area (Å²) in [7, 11) is 0. The molecule has 0 saturated carbocycles. The van der Waals surface area contributed by atoms with E-state index in [9.17, 15) is 42.7 Å². The molecule has 0 radical (unpaired) electrons. The second kappa shape index (κ2) is 36.2. The van der Waals surface area contributed by atoms with Gasteiger partial charge in [0.2, 0.25) is 0 Å². The van der Waals surface area contributed by atoms with Crippen LogP contribution in [0.4, 0.5) is 4.39 Å². The average Bonchev–Trinajstić information content (AvgIpc) is 1.10. The first-order valence-corrected chi connectivity index (χ1v) is 37.3. The van der Waals surface area contributed by atoms with E-state index in [0.717, 1.165) is 138 Å². The molecule has 15 rings (SSSR count). The molecule has 4 aliphatic carbocycles. The molecule has 0 saturated heterocycles. The van der Waals surface area contributed by atoms with Gasteiger partial charge in [-0.1, -0.05) is 89.4 Å². The molecular formula is C83H81Cl2FN14O13. The maximum atomic E-state index is 13.1. The quantitative estimate of drug-likeness (QED) is 0.0316. The fourth-order valence-corrected chi connectivity index (χ4v) is 14.5. The normalized spacial score (nSPS) is 15.7. The molecule has 113 heavy (non-hydrogen) atoms. The van der Waals surface area contributed by atoms with Gasteiger partial charge in [0.15, 0.2) is 5.60 Å². The second-order valence-corrected chi connectivity index (χ2v) is 28.9. The number of fused-ring (bicyclic) bond motifs is 5. The van der Waals surface area contributed by atoms with Crippen molar-refractivity contribution in [3.05, 3.63) is 288 Å². The van der Waals surface area contributed by atoms with Gasteiger partial charge in [0.25, 0.3) is 47.3 Å². The van der Waals surface area contributed by atoms with E-state index in [-0.39, 0.29) is 53.6 Å². The number of para-hydroxylation sites is 1. The van der Waals surface area contributed by atoms with Crippen LogP contribution in [0.2, 0.25) is 10.0 Å². The number of rotatable bonds is 16. The Bertz CT molecular complexity index is 5210. The zero-order chi connectivity index (χ0) is 80.0. The van der Waals surface area contributed by atoms with E-state index in [0.29, 0.717) is 72.0 Å². The summed E-state index contributed by atoms with van der Waals surface area (Å²) in [6, 6.07) is 48.0. The summed E-state index contributed by atoms with van der Waals surface area (Å²) in [5, 5.41) is 62.4. The highest BCUT2D eigenvalue weighted by atomic mass is 35.5. The minimum absolute atomic E-state index is 0.136. The molecule has 8 amide bonds. The van der Waals surface area contributed by atoms with Gasteiger partial charge in [0.1, 0.15) is 34.3 Å². The number of aryl methyl sites for hydroxylation is 5. The van der Waals surface area contributed by atoms with Crippen molar-refractivity contribution < 1.29 is 68.3 Å². The third-order valence-electron chi connectivity index (χ3n) is 20.0. The first kappa shape index (κ1) is 80.1. The van der Waals surface area contributed by atoms with Crippen LogP contribution >= 0.6 is 23.2 Å². The monoisotopic (exact) mass is 1570 g/mol. The van der Waals surface area contributed by atoms with Gasteiger partial charge in [-0.2, -0.15) is 10.2 Å².